The Labute approximate surface area is 111 Å². The zero-order valence-corrected chi connectivity index (χ0v) is 11.3. The first-order valence-electron chi connectivity index (χ1n) is 6.01. The summed E-state index contributed by atoms with van der Waals surface area (Å²) in [6.45, 7) is 4.75. The van der Waals surface area contributed by atoms with Crippen LogP contribution in [-0.4, -0.2) is 41.8 Å². The average Bonchev–Trinajstić information content (AvgIpc) is 2.37. The minimum Gasteiger partial charge on any atom is -0.470 e. The molecule has 8 nitrogen and oxygen atoms in total. The van der Waals surface area contributed by atoms with Crippen LogP contribution in [0.1, 0.15) is 19.0 Å². The Morgan fingerprint density at radius 2 is 2.05 bits per heavy atom. The van der Waals surface area contributed by atoms with E-state index in [1.54, 1.807) is 14.0 Å². The molecule has 0 bridgehead atoms. The number of hydrogen-bond donors (Lipinski definition) is 1. The molecular formula is C11H18N4O4. The molecule has 19 heavy (non-hydrogen) atoms. The van der Waals surface area contributed by atoms with Crippen molar-refractivity contribution >= 4 is 11.6 Å². The Balaban J connectivity index is 2.78. The highest BCUT2D eigenvalue weighted by Gasteiger charge is 2.23. The minimum absolute atomic E-state index is 0.0399. The van der Waals surface area contributed by atoms with E-state index in [0.29, 0.717) is 13.2 Å². The number of rotatable bonds is 8. The second-order valence-electron chi connectivity index (χ2n) is 3.75. The van der Waals surface area contributed by atoms with Crippen molar-refractivity contribution in [3.05, 3.63) is 15.8 Å². The van der Waals surface area contributed by atoms with E-state index in [4.69, 9.17) is 9.47 Å². The molecule has 0 aliphatic carbocycles. The molecular weight excluding hydrogens is 252 g/mol. The van der Waals surface area contributed by atoms with Gasteiger partial charge in [-0.15, -0.1) is 0 Å². The van der Waals surface area contributed by atoms with Crippen molar-refractivity contribution in [1.29, 1.82) is 0 Å². The topological polar surface area (TPSA) is 99.4 Å². The summed E-state index contributed by atoms with van der Waals surface area (Å²) >= 11 is 0. The zero-order chi connectivity index (χ0) is 14.3. The Morgan fingerprint density at radius 3 is 2.63 bits per heavy atom. The molecule has 0 aliphatic rings. The number of hydrogen-bond acceptors (Lipinski definition) is 7. The lowest BCUT2D eigenvalue weighted by molar-refractivity contribution is -0.387. The molecule has 0 atom stereocenters. The van der Waals surface area contributed by atoms with Crippen LogP contribution < -0.4 is 10.1 Å². The van der Waals surface area contributed by atoms with E-state index in [-0.39, 0.29) is 29.8 Å². The molecule has 1 aromatic rings. The Kier molecular flexibility index (Phi) is 5.94. The molecule has 1 rings (SSSR count). The molecule has 106 valence electrons. The van der Waals surface area contributed by atoms with E-state index < -0.39 is 4.92 Å². The van der Waals surface area contributed by atoms with Crippen LogP contribution in [0.3, 0.4) is 0 Å². The highest BCUT2D eigenvalue weighted by molar-refractivity contribution is 5.48. The van der Waals surface area contributed by atoms with Gasteiger partial charge in [0.1, 0.15) is 12.3 Å². The summed E-state index contributed by atoms with van der Waals surface area (Å²) < 4.78 is 10.5. The Bertz CT molecular complexity index is 439. The minimum atomic E-state index is -0.545. The van der Waals surface area contributed by atoms with Gasteiger partial charge in [-0.1, -0.05) is 6.92 Å². The highest BCUT2D eigenvalue weighted by Crippen LogP contribution is 2.28. The number of nitrogens with zero attached hydrogens (tertiary/aromatic N) is 3. The standard InChI is InChI=1S/C11H18N4O4/c1-4-5-18-6-7-19-10-9(15(16)17)8(2)13-11(12-3)14-10/h4-7H2,1-3H3,(H,12,13,14). The molecule has 1 N–H and O–H groups in total. The maximum Gasteiger partial charge on any atom is 0.352 e. The van der Waals surface area contributed by atoms with Gasteiger partial charge in [0.15, 0.2) is 0 Å². The van der Waals surface area contributed by atoms with Crippen LogP contribution in [0.4, 0.5) is 11.6 Å². The molecule has 0 fully saturated rings. The van der Waals surface area contributed by atoms with Crippen molar-refractivity contribution in [2.75, 3.05) is 32.2 Å². The van der Waals surface area contributed by atoms with Gasteiger partial charge in [0.05, 0.1) is 11.5 Å². The first kappa shape index (κ1) is 15.1. The van der Waals surface area contributed by atoms with Crippen LogP contribution in [0.15, 0.2) is 0 Å². The molecule has 0 radical (unpaired) electrons. The van der Waals surface area contributed by atoms with Gasteiger partial charge in [-0.3, -0.25) is 10.1 Å². The highest BCUT2D eigenvalue weighted by atomic mass is 16.6. The van der Waals surface area contributed by atoms with Crippen LogP contribution in [0.25, 0.3) is 0 Å². The molecule has 0 aromatic carbocycles. The summed E-state index contributed by atoms with van der Waals surface area (Å²) in [7, 11) is 1.63. The van der Waals surface area contributed by atoms with E-state index in [1.165, 1.54) is 0 Å². The van der Waals surface area contributed by atoms with Gasteiger partial charge in [-0.2, -0.15) is 4.98 Å². The van der Waals surface area contributed by atoms with Gasteiger partial charge >= 0.3 is 5.69 Å². The van der Waals surface area contributed by atoms with Crippen LogP contribution in [0.5, 0.6) is 5.88 Å². The molecule has 0 saturated carbocycles. The largest absolute Gasteiger partial charge is 0.470 e. The lowest BCUT2D eigenvalue weighted by Crippen LogP contribution is -2.11. The maximum absolute atomic E-state index is 11.0. The quantitative estimate of drug-likeness (QED) is 0.434. The first-order valence-corrected chi connectivity index (χ1v) is 6.01. The fourth-order valence-electron chi connectivity index (χ4n) is 1.41. The Morgan fingerprint density at radius 1 is 1.32 bits per heavy atom. The van der Waals surface area contributed by atoms with Crippen molar-refractivity contribution < 1.29 is 14.4 Å². The van der Waals surface area contributed by atoms with Gasteiger partial charge in [0, 0.05) is 13.7 Å². The van der Waals surface area contributed by atoms with E-state index in [9.17, 15) is 10.1 Å². The van der Waals surface area contributed by atoms with Crippen molar-refractivity contribution in [3.8, 4) is 5.88 Å². The van der Waals surface area contributed by atoms with Crippen LogP contribution in [0, 0.1) is 17.0 Å². The third kappa shape index (κ3) is 4.32. The van der Waals surface area contributed by atoms with Crippen LogP contribution in [-0.2, 0) is 4.74 Å². The van der Waals surface area contributed by atoms with Gasteiger partial charge in [0.2, 0.25) is 5.95 Å². The summed E-state index contributed by atoms with van der Waals surface area (Å²) in [6.07, 6.45) is 0.913. The smallest absolute Gasteiger partial charge is 0.352 e. The third-order valence-corrected chi connectivity index (χ3v) is 2.25. The number of ether oxygens (including phenoxy) is 2. The zero-order valence-electron chi connectivity index (χ0n) is 11.3. The first-order chi connectivity index (χ1) is 9.10. The molecule has 0 amide bonds. The molecule has 8 heteroatoms. The Hall–Kier alpha value is -1.96. The van der Waals surface area contributed by atoms with Crippen molar-refractivity contribution in [2.45, 2.75) is 20.3 Å². The van der Waals surface area contributed by atoms with Crippen LogP contribution in [0.2, 0.25) is 0 Å². The molecule has 0 saturated heterocycles. The molecule has 0 unspecified atom stereocenters. The fraction of sp³-hybridized carbons (Fsp3) is 0.636. The number of nitro groups is 1. The second-order valence-corrected chi connectivity index (χ2v) is 3.75. The summed E-state index contributed by atoms with van der Waals surface area (Å²) in [5.41, 5.74) is 0.0447. The van der Waals surface area contributed by atoms with Gasteiger partial charge in [0.25, 0.3) is 5.88 Å². The molecule has 0 spiro atoms. The average molecular weight is 270 g/mol. The number of nitrogens with one attached hydrogen (secondary N) is 1. The summed E-state index contributed by atoms with van der Waals surface area (Å²) in [4.78, 5) is 18.3. The maximum atomic E-state index is 11.0. The number of aryl methyl sites for hydroxylation is 1. The predicted molar refractivity (Wildman–Crippen MR) is 69.6 cm³/mol. The van der Waals surface area contributed by atoms with Crippen molar-refractivity contribution in [2.24, 2.45) is 0 Å². The SMILES string of the molecule is CCCOCCOc1nc(NC)nc(C)c1[N+](=O)[O-]. The van der Waals surface area contributed by atoms with E-state index in [2.05, 4.69) is 15.3 Å². The van der Waals surface area contributed by atoms with E-state index >= 15 is 0 Å². The lowest BCUT2D eigenvalue weighted by Gasteiger charge is -2.09. The van der Waals surface area contributed by atoms with E-state index in [0.717, 1.165) is 6.42 Å². The third-order valence-electron chi connectivity index (χ3n) is 2.25. The van der Waals surface area contributed by atoms with E-state index in [1.807, 2.05) is 6.92 Å². The van der Waals surface area contributed by atoms with Gasteiger partial charge in [-0.05, 0) is 13.3 Å². The number of anilines is 1. The predicted octanol–water partition coefficient (Wildman–Crippen LogP) is 1.54. The second kappa shape index (κ2) is 7.47. The fourth-order valence-corrected chi connectivity index (χ4v) is 1.41. The lowest BCUT2D eigenvalue weighted by atomic mass is 10.3. The summed E-state index contributed by atoms with van der Waals surface area (Å²) in [5.74, 6) is 0.245. The molecule has 0 aliphatic heterocycles. The van der Waals surface area contributed by atoms with Gasteiger partial charge in [-0.25, -0.2) is 4.98 Å². The summed E-state index contributed by atoms with van der Waals surface area (Å²) in [5, 5.41) is 13.7. The monoisotopic (exact) mass is 270 g/mol. The van der Waals surface area contributed by atoms with Crippen LogP contribution >= 0.6 is 0 Å². The molecule has 1 heterocycles. The van der Waals surface area contributed by atoms with Gasteiger partial charge < -0.3 is 14.8 Å². The number of aromatic nitrogens is 2. The molecule has 1 aromatic heterocycles. The van der Waals surface area contributed by atoms with Crippen molar-refractivity contribution in [3.63, 3.8) is 0 Å². The normalized spacial score (nSPS) is 10.3. The van der Waals surface area contributed by atoms with Crippen molar-refractivity contribution in [1.82, 2.24) is 9.97 Å². The summed E-state index contributed by atoms with van der Waals surface area (Å²) in [6, 6.07) is 0.